The van der Waals surface area contributed by atoms with Gasteiger partial charge in [0.25, 0.3) is 0 Å². The number of likely N-dealkylation sites (tertiary alicyclic amines) is 1. The lowest BCUT2D eigenvalue weighted by atomic mass is 9.86. The number of carbonyl (C=O) groups is 2. The number of pyridine rings is 1. The molecule has 0 aliphatic carbocycles. The molecular weight excluding hydrogens is 467 g/mol. The number of carboxylic acid groups (broad SMARTS) is 1. The van der Waals surface area contributed by atoms with Crippen LogP contribution in [-0.2, 0) is 6.54 Å². The van der Waals surface area contributed by atoms with E-state index in [4.69, 9.17) is 4.74 Å². The van der Waals surface area contributed by atoms with Gasteiger partial charge in [-0.05, 0) is 49.1 Å². The van der Waals surface area contributed by atoms with Gasteiger partial charge in [0.05, 0.1) is 25.4 Å². The fourth-order valence-corrected chi connectivity index (χ4v) is 5.10. The highest BCUT2D eigenvalue weighted by Gasteiger charge is 2.52. The average Bonchev–Trinajstić information content (AvgIpc) is 3.50. The SMILES string of the molecule is COc1nc(N2CC3(CCN(C(=O)O)CC3)N(Cc3cccc(F)c3C)C2=O)ccc1-c1cn[nH]c1. The van der Waals surface area contributed by atoms with Crippen molar-refractivity contribution in [2.24, 2.45) is 0 Å². The summed E-state index contributed by atoms with van der Waals surface area (Å²) < 4.78 is 19.8. The van der Waals surface area contributed by atoms with Crippen LogP contribution in [0.5, 0.6) is 5.88 Å². The molecule has 3 amide bonds. The minimum atomic E-state index is -0.972. The molecule has 2 aliphatic heterocycles. The molecule has 2 aliphatic rings. The van der Waals surface area contributed by atoms with Crippen molar-refractivity contribution >= 4 is 17.9 Å². The number of urea groups is 1. The Morgan fingerprint density at radius 1 is 1.25 bits per heavy atom. The van der Waals surface area contributed by atoms with Crippen LogP contribution in [0.2, 0.25) is 0 Å². The molecule has 4 heterocycles. The zero-order valence-electron chi connectivity index (χ0n) is 20.1. The number of hydrogen-bond acceptors (Lipinski definition) is 5. The van der Waals surface area contributed by atoms with E-state index in [1.165, 1.54) is 18.1 Å². The van der Waals surface area contributed by atoms with E-state index in [0.717, 1.165) is 11.1 Å². The van der Waals surface area contributed by atoms with E-state index in [-0.39, 0.29) is 18.4 Å². The molecule has 2 N–H and O–H groups in total. The predicted octanol–water partition coefficient (Wildman–Crippen LogP) is 3.88. The normalized spacial score (nSPS) is 17.2. The number of hydrogen-bond donors (Lipinski definition) is 2. The van der Waals surface area contributed by atoms with Crippen LogP contribution in [0.3, 0.4) is 0 Å². The maximum absolute atomic E-state index is 14.3. The second kappa shape index (κ2) is 9.14. The first-order valence-electron chi connectivity index (χ1n) is 11.7. The molecule has 2 saturated heterocycles. The largest absolute Gasteiger partial charge is 0.480 e. The van der Waals surface area contributed by atoms with E-state index in [0.29, 0.717) is 55.3 Å². The van der Waals surface area contributed by atoms with Crippen molar-refractivity contribution in [3.05, 3.63) is 59.7 Å². The number of ether oxygens (including phenoxy) is 1. The van der Waals surface area contributed by atoms with E-state index >= 15 is 0 Å². The summed E-state index contributed by atoms with van der Waals surface area (Å²) in [5.74, 6) is 0.463. The molecule has 0 radical (unpaired) electrons. The third kappa shape index (κ3) is 4.00. The van der Waals surface area contributed by atoms with E-state index in [1.807, 2.05) is 12.1 Å². The molecule has 0 saturated carbocycles. The minimum Gasteiger partial charge on any atom is -0.480 e. The first-order chi connectivity index (χ1) is 17.3. The molecule has 1 aromatic carbocycles. The van der Waals surface area contributed by atoms with Gasteiger partial charge >= 0.3 is 12.1 Å². The fraction of sp³-hybridized carbons (Fsp3) is 0.360. The molecular formula is C25H27FN6O4. The van der Waals surface area contributed by atoms with Crippen LogP contribution in [0.15, 0.2) is 42.7 Å². The third-order valence-electron chi connectivity index (χ3n) is 7.28. The Morgan fingerprint density at radius 3 is 2.69 bits per heavy atom. The number of nitrogens with zero attached hydrogens (tertiary/aromatic N) is 5. The Bertz CT molecular complexity index is 1290. The highest BCUT2D eigenvalue weighted by Crippen LogP contribution is 2.40. The summed E-state index contributed by atoms with van der Waals surface area (Å²) in [6.45, 7) is 2.88. The molecule has 5 rings (SSSR count). The summed E-state index contributed by atoms with van der Waals surface area (Å²) in [5, 5.41) is 16.2. The van der Waals surface area contributed by atoms with Crippen molar-refractivity contribution in [3.8, 4) is 17.0 Å². The summed E-state index contributed by atoms with van der Waals surface area (Å²) in [7, 11) is 1.52. The van der Waals surface area contributed by atoms with Crippen LogP contribution in [0.1, 0.15) is 24.0 Å². The Labute approximate surface area is 207 Å². The molecule has 36 heavy (non-hydrogen) atoms. The molecule has 2 fully saturated rings. The van der Waals surface area contributed by atoms with Gasteiger partial charge in [-0.2, -0.15) is 10.1 Å². The Kier molecular flexibility index (Phi) is 5.99. The third-order valence-corrected chi connectivity index (χ3v) is 7.28. The number of nitrogens with one attached hydrogen (secondary N) is 1. The number of anilines is 1. The van der Waals surface area contributed by atoms with Crippen LogP contribution in [0.25, 0.3) is 11.1 Å². The molecule has 0 bridgehead atoms. The molecule has 0 unspecified atom stereocenters. The summed E-state index contributed by atoms with van der Waals surface area (Å²) in [6.07, 6.45) is 3.36. The van der Waals surface area contributed by atoms with Crippen molar-refractivity contribution in [2.75, 3.05) is 31.6 Å². The van der Waals surface area contributed by atoms with Gasteiger partial charge in [0, 0.05) is 37.0 Å². The Morgan fingerprint density at radius 2 is 2.03 bits per heavy atom. The average molecular weight is 495 g/mol. The number of carbonyl (C=O) groups excluding carboxylic acids is 1. The van der Waals surface area contributed by atoms with E-state index in [9.17, 15) is 19.1 Å². The van der Waals surface area contributed by atoms with Crippen molar-refractivity contribution in [3.63, 3.8) is 0 Å². The molecule has 3 aromatic rings. The van der Waals surface area contributed by atoms with Crippen molar-refractivity contribution in [2.45, 2.75) is 31.8 Å². The monoisotopic (exact) mass is 494 g/mol. The topological polar surface area (TPSA) is 115 Å². The maximum atomic E-state index is 14.3. The number of piperidine rings is 1. The van der Waals surface area contributed by atoms with Gasteiger partial charge in [-0.3, -0.25) is 10.00 Å². The lowest BCUT2D eigenvalue weighted by Crippen LogP contribution is -2.55. The van der Waals surface area contributed by atoms with Crippen LogP contribution >= 0.6 is 0 Å². The first-order valence-corrected chi connectivity index (χ1v) is 11.7. The van der Waals surface area contributed by atoms with E-state index < -0.39 is 11.6 Å². The van der Waals surface area contributed by atoms with Gasteiger partial charge in [-0.25, -0.2) is 14.0 Å². The van der Waals surface area contributed by atoms with Gasteiger partial charge in [-0.1, -0.05) is 12.1 Å². The molecule has 10 nitrogen and oxygen atoms in total. The Hall–Kier alpha value is -4.15. The van der Waals surface area contributed by atoms with Gasteiger partial charge < -0.3 is 19.6 Å². The zero-order valence-corrected chi connectivity index (χ0v) is 20.1. The summed E-state index contributed by atoms with van der Waals surface area (Å²) in [5.41, 5.74) is 2.13. The number of methoxy groups -OCH3 is 1. The predicted molar refractivity (Wildman–Crippen MR) is 129 cm³/mol. The van der Waals surface area contributed by atoms with Crippen molar-refractivity contribution in [1.82, 2.24) is 25.0 Å². The summed E-state index contributed by atoms with van der Waals surface area (Å²) in [6, 6.07) is 8.19. The van der Waals surface area contributed by atoms with Gasteiger partial charge in [0.2, 0.25) is 5.88 Å². The van der Waals surface area contributed by atoms with Crippen molar-refractivity contribution in [1.29, 1.82) is 0 Å². The van der Waals surface area contributed by atoms with E-state index in [2.05, 4.69) is 15.2 Å². The first kappa shape index (κ1) is 23.6. The van der Waals surface area contributed by atoms with Gasteiger partial charge in [0.1, 0.15) is 11.6 Å². The number of halogens is 1. The molecule has 11 heteroatoms. The molecule has 188 valence electrons. The lowest BCUT2D eigenvalue weighted by molar-refractivity contribution is 0.0685. The number of aromatic nitrogens is 3. The smallest absolute Gasteiger partial charge is 0.407 e. The number of H-pyrrole nitrogens is 1. The highest BCUT2D eigenvalue weighted by molar-refractivity contribution is 5.95. The molecule has 0 atom stereocenters. The summed E-state index contributed by atoms with van der Waals surface area (Å²) in [4.78, 5) is 34.7. The highest BCUT2D eigenvalue weighted by atomic mass is 19.1. The Balaban J connectivity index is 1.50. The quantitative estimate of drug-likeness (QED) is 0.556. The lowest BCUT2D eigenvalue weighted by Gasteiger charge is -2.43. The minimum absolute atomic E-state index is 0.218. The van der Waals surface area contributed by atoms with Gasteiger partial charge in [-0.15, -0.1) is 0 Å². The number of rotatable bonds is 5. The molecule has 2 aromatic heterocycles. The zero-order chi connectivity index (χ0) is 25.4. The second-order valence-electron chi connectivity index (χ2n) is 9.19. The van der Waals surface area contributed by atoms with Gasteiger partial charge in [0.15, 0.2) is 0 Å². The number of benzene rings is 1. The fourth-order valence-electron chi connectivity index (χ4n) is 5.10. The van der Waals surface area contributed by atoms with Crippen LogP contribution in [-0.4, -0.2) is 74.5 Å². The van der Waals surface area contributed by atoms with E-state index in [1.54, 1.807) is 41.2 Å². The van der Waals surface area contributed by atoms with Crippen molar-refractivity contribution < 1.29 is 23.8 Å². The standard InChI is InChI=1S/C25H27FN6O4/c1-16-17(4-3-5-20(16)26)14-32-23(33)31(15-25(32)8-10-30(11-9-25)24(34)35)21-7-6-19(22(29-21)36-2)18-12-27-28-13-18/h3-7,12-13H,8-11,14-15H2,1-2H3,(H,27,28)(H,34,35). The molecule has 1 spiro atoms. The van der Waals surface area contributed by atoms with Crippen LogP contribution < -0.4 is 9.64 Å². The number of amides is 3. The summed E-state index contributed by atoms with van der Waals surface area (Å²) >= 11 is 0. The number of aromatic amines is 1. The van der Waals surface area contributed by atoms with Crippen LogP contribution in [0, 0.1) is 12.7 Å². The second-order valence-corrected chi connectivity index (χ2v) is 9.19. The maximum Gasteiger partial charge on any atom is 0.407 e. The van der Waals surface area contributed by atoms with Crippen LogP contribution in [0.4, 0.5) is 19.8 Å².